The van der Waals surface area contributed by atoms with E-state index in [0.29, 0.717) is 5.75 Å². The highest BCUT2D eigenvalue weighted by atomic mass is 16.5. The summed E-state index contributed by atoms with van der Waals surface area (Å²) in [6.45, 7) is 1.86. The van der Waals surface area contributed by atoms with Gasteiger partial charge in [-0.1, -0.05) is 12.1 Å². The number of rotatable bonds is 7. The van der Waals surface area contributed by atoms with Crippen LogP contribution in [0.3, 0.4) is 0 Å². The van der Waals surface area contributed by atoms with Crippen LogP contribution in [0.1, 0.15) is 12.5 Å². The van der Waals surface area contributed by atoms with Gasteiger partial charge in [0.15, 0.2) is 0 Å². The molecular formula is C16H19NO5. The Morgan fingerprint density at radius 2 is 1.95 bits per heavy atom. The molecule has 118 valence electrons. The number of hydrogen-bond donors (Lipinski definition) is 0. The van der Waals surface area contributed by atoms with Crippen LogP contribution in [0.5, 0.6) is 5.75 Å². The first-order valence-corrected chi connectivity index (χ1v) is 6.65. The highest BCUT2D eigenvalue weighted by Crippen LogP contribution is 2.16. The van der Waals surface area contributed by atoms with Crippen LogP contribution >= 0.6 is 0 Å². The summed E-state index contributed by atoms with van der Waals surface area (Å²) in [4.78, 5) is 26.4. The van der Waals surface area contributed by atoms with Gasteiger partial charge in [0, 0.05) is 17.9 Å². The van der Waals surface area contributed by atoms with Gasteiger partial charge >= 0.3 is 11.9 Å². The van der Waals surface area contributed by atoms with E-state index < -0.39 is 18.0 Å². The minimum absolute atomic E-state index is 0.215. The Morgan fingerprint density at radius 3 is 2.64 bits per heavy atom. The van der Waals surface area contributed by atoms with Gasteiger partial charge in [0.25, 0.3) is 0 Å². The summed E-state index contributed by atoms with van der Waals surface area (Å²) in [5, 5.41) is 0. The standard InChI is InChI=1S/C16H19NO5/c1-12(16(19)21-3)17-11-13-7-4-5-8-14(13)22-10-6-9-15(18)20-2/h4-9,11-12H,10H2,1-3H3/b9-6+,17-11?/t12-/m0/s1. The van der Waals surface area contributed by atoms with Gasteiger partial charge in [-0.15, -0.1) is 0 Å². The molecule has 0 saturated carbocycles. The number of aliphatic imine (C=N–C) groups is 1. The van der Waals surface area contributed by atoms with Crippen molar-refractivity contribution >= 4 is 18.2 Å². The topological polar surface area (TPSA) is 74.2 Å². The zero-order valence-electron chi connectivity index (χ0n) is 12.8. The summed E-state index contributed by atoms with van der Waals surface area (Å²) in [7, 11) is 2.63. The second-order valence-corrected chi connectivity index (χ2v) is 4.25. The van der Waals surface area contributed by atoms with E-state index in [4.69, 9.17) is 4.74 Å². The third kappa shape index (κ3) is 5.78. The molecule has 0 saturated heterocycles. The fraction of sp³-hybridized carbons (Fsp3) is 0.312. The number of nitrogens with zero attached hydrogens (tertiary/aromatic N) is 1. The van der Waals surface area contributed by atoms with Gasteiger partial charge in [-0.25, -0.2) is 9.59 Å². The number of methoxy groups -OCH3 is 2. The zero-order chi connectivity index (χ0) is 16.4. The highest BCUT2D eigenvalue weighted by molar-refractivity contribution is 5.86. The van der Waals surface area contributed by atoms with Crippen molar-refractivity contribution in [2.24, 2.45) is 4.99 Å². The van der Waals surface area contributed by atoms with Crippen molar-refractivity contribution in [1.82, 2.24) is 0 Å². The normalized spacial score (nSPS) is 12.3. The molecule has 0 bridgehead atoms. The Kier molecular flexibility index (Phi) is 7.39. The number of carbonyl (C=O) groups excluding carboxylic acids is 2. The van der Waals surface area contributed by atoms with E-state index in [1.165, 1.54) is 20.3 Å². The lowest BCUT2D eigenvalue weighted by atomic mass is 10.2. The van der Waals surface area contributed by atoms with Gasteiger partial charge in [-0.2, -0.15) is 0 Å². The monoisotopic (exact) mass is 305 g/mol. The maximum Gasteiger partial charge on any atom is 0.330 e. The van der Waals surface area contributed by atoms with E-state index in [9.17, 15) is 9.59 Å². The third-order valence-corrected chi connectivity index (χ3v) is 2.69. The van der Waals surface area contributed by atoms with Crippen LogP contribution in [0, 0.1) is 0 Å². The van der Waals surface area contributed by atoms with E-state index in [2.05, 4.69) is 14.5 Å². The lowest BCUT2D eigenvalue weighted by Crippen LogP contribution is -2.16. The molecule has 1 rings (SSSR count). The fourth-order valence-electron chi connectivity index (χ4n) is 1.49. The van der Waals surface area contributed by atoms with Crippen LogP contribution in [0.25, 0.3) is 0 Å². The molecule has 0 unspecified atom stereocenters. The average molecular weight is 305 g/mol. The maximum atomic E-state index is 11.3. The van der Waals surface area contributed by atoms with E-state index in [1.807, 2.05) is 18.2 Å². The van der Waals surface area contributed by atoms with Gasteiger partial charge in [0.05, 0.1) is 14.2 Å². The molecule has 0 aliphatic rings. The predicted molar refractivity (Wildman–Crippen MR) is 82.2 cm³/mol. The molecule has 0 spiro atoms. The predicted octanol–water partition coefficient (Wildman–Crippen LogP) is 1.77. The Bertz CT molecular complexity index is 565. The van der Waals surface area contributed by atoms with E-state index in [-0.39, 0.29) is 6.61 Å². The third-order valence-electron chi connectivity index (χ3n) is 2.69. The molecule has 0 aromatic heterocycles. The average Bonchev–Trinajstić information content (AvgIpc) is 2.56. The number of carbonyl (C=O) groups is 2. The smallest absolute Gasteiger partial charge is 0.330 e. The van der Waals surface area contributed by atoms with Crippen molar-refractivity contribution in [3.05, 3.63) is 42.0 Å². The molecule has 0 fully saturated rings. The molecule has 0 heterocycles. The quantitative estimate of drug-likeness (QED) is 0.436. The molecule has 22 heavy (non-hydrogen) atoms. The largest absolute Gasteiger partial charge is 0.489 e. The fourth-order valence-corrected chi connectivity index (χ4v) is 1.49. The number of para-hydroxylation sites is 1. The lowest BCUT2D eigenvalue weighted by Gasteiger charge is -2.07. The SMILES string of the molecule is COC(=O)/C=C/COc1ccccc1C=N[C@@H](C)C(=O)OC. The minimum Gasteiger partial charge on any atom is -0.489 e. The molecule has 6 nitrogen and oxygen atoms in total. The Balaban J connectivity index is 2.69. The van der Waals surface area contributed by atoms with E-state index >= 15 is 0 Å². The van der Waals surface area contributed by atoms with Crippen molar-refractivity contribution in [2.45, 2.75) is 13.0 Å². The Morgan fingerprint density at radius 1 is 1.23 bits per heavy atom. The first kappa shape index (κ1) is 17.4. The molecule has 1 aromatic rings. The second kappa shape index (κ2) is 9.33. The van der Waals surface area contributed by atoms with Crippen molar-refractivity contribution in [3.8, 4) is 5.75 Å². The Hall–Kier alpha value is -2.63. The highest BCUT2D eigenvalue weighted by Gasteiger charge is 2.10. The Labute approximate surface area is 129 Å². The molecule has 0 aliphatic heterocycles. The van der Waals surface area contributed by atoms with Crippen molar-refractivity contribution in [2.75, 3.05) is 20.8 Å². The van der Waals surface area contributed by atoms with Crippen LogP contribution in [0.4, 0.5) is 0 Å². The number of ether oxygens (including phenoxy) is 3. The second-order valence-electron chi connectivity index (χ2n) is 4.25. The molecule has 0 radical (unpaired) electrons. The van der Waals surface area contributed by atoms with E-state index in [0.717, 1.165) is 5.56 Å². The maximum absolute atomic E-state index is 11.3. The van der Waals surface area contributed by atoms with E-state index in [1.54, 1.807) is 25.3 Å². The van der Waals surface area contributed by atoms with Crippen LogP contribution < -0.4 is 4.74 Å². The molecule has 1 atom stereocenters. The van der Waals surface area contributed by atoms with Gasteiger partial charge in [-0.3, -0.25) is 4.99 Å². The molecule has 0 N–H and O–H groups in total. The van der Waals surface area contributed by atoms with Crippen LogP contribution in [-0.2, 0) is 19.1 Å². The van der Waals surface area contributed by atoms with Crippen LogP contribution in [0.15, 0.2) is 41.4 Å². The van der Waals surface area contributed by atoms with Crippen LogP contribution in [0.2, 0.25) is 0 Å². The zero-order valence-corrected chi connectivity index (χ0v) is 12.8. The minimum atomic E-state index is -0.586. The van der Waals surface area contributed by atoms with Crippen molar-refractivity contribution in [1.29, 1.82) is 0 Å². The summed E-state index contributed by atoms with van der Waals surface area (Å²) < 4.78 is 14.6. The molecule has 6 heteroatoms. The number of hydrogen-bond acceptors (Lipinski definition) is 6. The van der Waals surface area contributed by atoms with Gasteiger partial charge in [0.2, 0.25) is 0 Å². The summed E-state index contributed by atoms with van der Waals surface area (Å²) in [5.41, 5.74) is 0.727. The summed E-state index contributed by atoms with van der Waals surface area (Å²) >= 11 is 0. The first-order chi connectivity index (χ1) is 10.6. The molecule has 0 aliphatic carbocycles. The summed E-state index contributed by atoms with van der Waals surface area (Å²) in [5.74, 6) is -0.251. The lowest BCUT2D eigenvalue weighted by molar-refractivity contribution is -0.141. The molecular weight excluding hydrogens is 286 g/mol. The van der Waals surface area contributed by atoms with Gasteiger partial charge in [-0.05, 0) is 25.1 Å². The summed E-state index contributed by atoms with van der Waals surface area (Å²) in [6.07, 6.45) is 4.40. The number of benzene rings is 1. The van der Waals surface area contributed by atoms with Gasteiger partial charge in [0.1, 0.15) is 18.4 Å². The van der Waals surface area contributed by atoms with Crippen molar-refractivity contribution in [3.63, 3.8) is 0 Å². The van der Waals surface area contributed by atoms with Crippen LogP contribution in [-0.4, -0.2) is 45.0 Å². The number of esters is 2. The molecule has 1 aromatic carbocycles. The molecule has 0 amide bonds. The van der Waals surface area contributed by atoms with Crippen molar-refractivity contribution < 1.29 is 23.8 Å². The summed E-state index contributed by atoms with van der Waals surface area (Å²) in [6, 6.07) is 6.65. The van der Waals surface area contributed by atoms with Gasteiger partial charge < -0.3 is 14.2 Å². The first-order valence-electron chi connectivity index (χ1n) is 6.65.